The van der Waals surface area contributed by atoms with Crippen LogP contribution in [0.4, 0.5) is 0 Å². The number of rotatable bonds is 1. The molecule has 0 fully saturated rings. The summed E-state index contributed by atoms with van der Waals surface area (Å²) in [6.07, 6.45) is 0. The summed E-state index contributed by atoms with van der Waals surface area (Å²) >= 11 is 5.92. The van der Waals surface area contributed by atoms with Crippen molar-refractivity contribution < 1.29 is 0 Å². The molecule has 2 heteroatoms. The Labute approximate surface area is 88.5 Å². The minimum absolute atomic E-state index is 0.0554. The summed E-state index contributed by atoms with van der Waals surface area (Å²) in [5.74, 6) is 0. The molecule has 0 radical (unpaired) electrons. The molecule has 1 nitrogen and oxygen atoms in total. The van der Waals surface area contributed by atoms with Gasteiger partial charge in [-0.25, -0.2) is 0 Å². The van der Waals surface area contributed by atoms with E-state index in [0.29, 0.717) is 0 Å². The third-order valence-electron chi connectivity index (χ3n) is 2.37. The number of hydrogen-bond acceptors (Lipinski definition) is 1. The molecule has 0 saturated heterocycles. The fraction of sp³-hybridized carbons (Fsp3) is 0.167. The van der Waals surface area contributed by atoms with Crippen LogP contribution in [0, 0.1) is 0 Å². The fourth-order valence-corrected chi connectivity index (χ4v) is 1.86. The quantitative estimate of drug-likeness (QED) is 0.758. The second kappa shape index (κ2) is 3.60. The van der Waals surface area contributed by atoms with Gasteiger partial charge in [0, 0.05) is 11.1 Å². The second-order valence-electron chi connectivity index (χ2n) is 3.50. The lowest BCUT2D eigenvalue weighted by atomic mass is 10.0. The molecule has 2 aromatic rings. The van der Waals surface area contributed by atoms with Crippen molar-refractivity contribution in [1.29, 1.82) is 0 Å². The Morgan fingerprint density at radius 3 is 2.71 bits per heavy atom. The SMILES string of the molecule is CC(N)c1cccc2cc(Cl)ccc12. The molecule has 14 heavy (non-hydrogen) atoms. The van der Waals surface area contributed by atoms with Crippen LogP contribution >= 0.6 is 11.6 Å². The van der Waals surface area contributed by atoms with Crippen molar-refractivity contribution in [2.24, 2.45) is 5.73 Å². The lowest BCUT2D eigenvalue weighted by molar-refractivity contribution is 0.827. The lowest BCUT2D eigenvalue weighted by Crippen LogP contribution is -2.05. The van der Waals surface area contributed by atoms with Gasteiger partial charge in [0.05, 0.1) is 0 Å². The van der Waals surface area contributed by atoms with E-state index in [4.69, 9.17) is 17.3 Å². The molecular weight excluding hydrogens is 194 g/mol. The summed E-state index contributed by atoms with van der Waals surface area (Å²) in [5, 5.41) is 3.10. The number of fused-ring (bicyclic) bond motifs is 1. The summed E-state index contributed by atoms with van der Waals surface area (Å²) in [6, 6.07) is 12.1. The van der Waals surface area contributed by atoms with E-state index in [2.05, 4.69) is 6.07 Å². The maximum absolute atomic E-state index is 5.92. The average molecular weight is 206 g/mol. The molecule has 0 spiro atoms. The summed E-state index contributed by atoms with van der Waals surface area (Å²) in [6.45, 7) is 1.99. The van der Waals surface area contributed by atoms with Crippen molar-refractivity contribution in [3.8, 4) is 0 Å². The fourth-order valence-electron chi connectivity index (χ4n) is 1.68. The van der Waals surface area contributed by atoms with E-state index in [-0.39, 0.29) is 6.04 Å². The van der Waals surface area contributed by atoms with Gasteiger partial charge in [0.2, 0.25) is 0 Å². The molecule has 2 N–H and O–H groups in total. The summed E-state index contributed by atoms with van der Waals surface area (Å²) in [7, 11) is 0. The van der Waals surface area contributed by atoms with Crippen LogP contribution in [0.3, 0.4) is 0 Å². The zero-order valence-corrected chi connectivity index (χ0v) is 8.75. The maximum atomic E-state index is 5.92. The summed E-state index contributed by atoms with van der Waals surface area (Å²) in [5.41, 5.74) is 7.05. The molecule has 72 valence electrons. The summed E-state index contributed by atoms with van der Waals surface area (Å²) < 4.78 is 0. The third-order valence-corrected chi connectivity index (χ3v) is 2.60. The first-order valence-corrected chi connectivity index (χ1v) is 5.00. The van der Waals surface area contributed by atoms with Crippen molar-refractivity contribution in [3.63, 3.8) is 0 Å². The normalized spacial score (nSPS) is 13.1. The van der Waals surface area contributed by atoms with E-state index < -0.39 is 0 Å². The van der Waals surface area contributed by atoms with Crippen LogP contribution in [0.5, 0.6) is 0 Å². The largest absolute Gasteiger partial charge is 0.324 e. The molecule has 2 aromatic carbocycles. The van der Waals surface area contributed by atoms with Crippen molar-refractivity contribution in [2.75, 3.05) is 0 Å². The zero-order valence-electron chi connectivity index (χ0n) is 8.00. The van der Waals surface area contributed by atoms with Crippen LogP contribution in [-0.2, 0) is 0 Å². The standard InChI is InChI=1S/C12H12ClN/c1-8(14)11-4-2-3-9-7-10(13)5-6-12(9)11/h2-8H,14H2,1H3. The van der Waals surface area contributed by atoms with Gasteiger partial charge in [-0.2, -0.15) is 0 Å². The van der Waals surface area contributed by atoms with Crippen LogP contribution in [0.25, 0.3) is 10.8 Å². The van der Waals surface area contributed by atoms with E-state index in [1.54, 1.807) is 0 Å². The topological polar surface area (TPSA) is 26.0 Å². The molecule has 0 aliphatic rings. The van der Waals surface area contributed by atoms with Gasteiger partial charge in [-0.1, -0.05) is 35.9 Å². The van der Waals surface area contributed by atoms with Crippen LogP contribution in [-0.4, -0.2) is 0 Å². The van der Waals surface area contributed by atoms with Crippen molar-refractivity contribution in [2.45, 2.75) is 13.0 Å². The minimum atomic E-state index is 0.0554. The Kier molecular flexibility index (Phi) is 2.44. The maximum Gasteiger partial charge on any atom is 0.0412 e. The first kappa shape index (κ1) is 9.50. The number of halogens is 1. The molecule has 0 aliphatic heterocycles. The van der Waals surface area contributed by atoms with Gasteiger partial charge in [0.25, 0.3) is 0 Å². The van der Waals surface area contributed by atoms with E-state index in [9.17, 15) is 0 Å². The average Bonchev–Trinajstić information content (AvgIpc) is 2.16. The molecule has 0 aromatic heterocycles. The van der Waals surface area contributed by atoms with Gasteiger partial charge in [-0.05, 0) is 35.4 Å². The molecule has 2 rings (SSSR count). The van der Waals surface area contributed by atoms with Gasteiger partial charge in [-0.15, -0.1) is 0 Å². The van der Waals surface area contributed by atoms with Crippen LogP contribution in [0.15, 0.2) is 36.4 Å². The molecule has 0 saturated carbocycles. The Hall–Kier alpha value is -1.05. The highest BCUT2D eigenvalue weighted by atomic mass is 35.5. The smallest absolute Gasteiger partial charge is 0.0412 e. The van der Waals surface area contributed by atoms with Gasteiger partial charge < -0.3 is 5.73 Å². The van der Waals surface area contributed by atoms with Gasteiger partial charge in [0.15, 0.2) is 0 Å². The molecule has 1 atom stereocenters. The van der Waals surface area contributed by atoms with Crippen molar-refractivity contribution >= 4 is 22.4 Å². The molecular formula is C12H12ClN. The summed E-state index contributed by atoms with van der Waals surface area (Å²) in [4.78, 5) is 0. The van der Waals surface area contributed by atoms with Gasteiger partial charge in [0.1, 0.15) is 0 Å². The minimum Gasteiger partial charge on any atom is -0.324 e. The second-order valence-corrected chi connectivity index (χ2v) is 3.94. The number of hydrogen-bond donors (Lipinski definition) is 1. The van der Waals surface area contributed by atoms with E-state index in [1.165, 1.54) is 10.9 Å². The zero-order chi connectivity index (χ0) is 10.1. The third kappa shape index (κ3) is 1.61. The monoisotopic (exact) mass is 205 g/mol. The Morgan fingerprint density at radius 2 is 2.00 bits per heavy atom. The highest BCUT2D eigenvalue weighted by Crippen LogP contribution is 2.25. The Balaban J connectivity index is 2.75. The van der Waals surface area contributed by atoms with E-state index >= 15 is 0 Å². The van der Waals surface area contributed by atoms with Crippen LogP contribution < -0.4 is 5.73 Å². The Morgan fingerprint density at radius 1 is 1.21 bits per heavy atom. The van der Waals surface area contributed by atoms with Gasteiger partial charge >= 0.3 is 0 Å². The first-order chi connectivity index (χ1) is 6.68. The highest BCUT2D eigenvalue weighted by molar-refractivity contribution is 6.31. The lowest BCUT2D eigenvalue weighted by Gasteiger charge is -2.09. The van der Waals surface area contributed by atoms with Crippen molar-refractivity contribution in [3.05, 3.63) is 47.0 Å². The van der Waals surface area contributed by atoms with Crippen LogP contribution in [0.2, 0.25) is 5.02 Å². The number of benzene rings is 2. The molecule has 0 heterocycles. The number of nitrogens with two attached hydrogens (primary N) is 1. The first-order valence-electron chi connectivity index (χ1n) is 4.62. The Bertz CT molecular complexity index is 463. The van der Waals surface area contributed by atoms with E-state index in [1.807, 2.05) is 37.3 Å². The molecule has 1 unspecified atom stereocenters. The molecule has 0 bridgehead atoms. The van der Waals surface area contributed by atoms with Gasteiger partial charge in [-0.3, -0.25) is 0 Å². The van der Waals surface area contributed by atoms with E-state index in [0.717, 1.165) is 10.4 Å². The van der Waals surface area contributed by atoms with Crippen molar-refractivity contribution in [1.82, 2.24) is 0 Å². The predicted molar refractivity (Wildman–Crippen MR) is 61.6 cm³/mol. The predicted octanol–water partition coefficient (Wildman–Crippen LogP) is 3.51. The highest BCUT2D eigenvalue weighted by Gasteiger charge is 2.04. The van der Waals surface area contributed by atoms with Crippen LogP contribution in [0.1, 0.15) is 18.5 Å². The molecule has 0 amide bonds. The molecule has 0 aliphatic carbocycles.